The Morgan fingerprint density at radius 2 is 2.11 bits per heavy atom. The Labute approximate surface area is 113 Å². The number of esters is 1. The minimum atomic E-state index is -0.233. The molecule has 0 bridgehead atoms. The number of pyridine rings is 1. The van der Waals surface area contributed by atoms with Gasteiger partial charge in [-0.3, -0.25) is 4.79 Å². The van der Waals surface area contributed by atoms with Crippen LogP contribution in [-0.2, 0) is 14.3 Å². The van der Waals surface area contributed by atoms with Crippen molar-refractivity contribution in [3.63, 3.8) is 0 Å². The Morgan fingerprint density at radius 1 is 1.32 bits per heavy atom. The summed E-state index contributed by atoms with van der Waals surface area (Å²) < 4.78 is 14.8. The molecule has 0 N–H and O–H groups in total. The molecule has 0 spiro atoms. The van der Waals surface area contributed by atoms with Crippen LogP contribution in [0.3, 0.4) is 0 Å². The average Bonchev–Trinajstić information content (AvgIpc) is 2.47. The number of anilines is 1. The van der Waals surface area contributed by atoms with Crippen LogP contribution < -0.4 is 9.64 Å². The van der Waals surface area contributed by atoms with Crippen molar-refractivity contribution in [2.45, 2.75) is 6.42 Å². The predicted molar refractivity (Wildman–Crippen MR) is 71.5 cm³/mol. The van der Waals surface area contributed by atoms with Crippen LogP contribution in [0, 0.1) is 0 Å². The Balaban J connectivity index is 2.73. The minimum Gasteiger partial charge on any atom is -0.481 e. The zero-order chi connectivity index (χ0) is 14.1. The molecule has 0 aromatic carbocycles. The third-order valence-electron chi connectivity index (χ3n) is 2.67. The average molecular weight is 268 g/mol. The highest BCUT2D eigenvalue weighted by atomic mass is 16.5. The van der Waals surface area contributed by atoms with Crippen molar-refractivity contribution < 1.29 is 19.0 Å². The maximum atomic E-state index is 11.2. The molecule has 0 amide bonds. The molecule has 0 fully saturated rings. The lowest BCUT2D eigenvalue weighted by atomic mass is 10.3. The van der Waals surface area contributed by atoms with Crippen LogP contribution in [0.5, 0.6) is 5.88 Å². The van der Waals surface area contributed by atoms with Gasteiger partial charge >= 0.3 is 5.97 Å². The van der Waals surface area contributed by atoms with Gasteiger partial charge in [0, 0.05) is 38.1 Å². The maximum absolute atomic E-state index is 11.2. The van der Waals surface area contributed by atoms with Crippen molar-refractivity contribution in [1.29, 1.82) is 0 Å². The van der Waals surface area contributed by atoms with Gasteiger partial charge in [-0.25, -0.2) is 4.98 Å². The second kappa shape index (κ2) is 8.31. The van der Waals surface area contributed by atoms with E-state index in [1.54, 1.807) is 20.4 Å². The number of carbonyl (C=O) groups is 1. The fourth-order valence-electron chi connectivity index (χ4n) is 1.61. The first-order valence-electron chi connectivity index (χ1n) is 6.02. The lowest BCUT2D eigenvalue weighted by molar-refractivity contribution is -0.140. The van der Waals surface area contributed by atoms with E-state index in [2.05, 4.69) is 9.72 Å². The fraction of sp³-hybridized carbons (Fsp3) is 0.538. The second-order valence-corrected chi connectivity index (χ2v) is 3.86. The first-order chi connectivity index (χ1) is 9.21. The molecule has 19 heavy (non-hydrogen) atoms. The van der Waals surface area contributed by atoms with Crippen molar-refractivity contribution in [2.75, 3.05) is 45.9 Å². The summed E-state index contributed by atoms with van der Waals surface area (Å²) in [6.45, 7) is 1.82. The largest absolute Gasteiger partial charge is 0.481 e. The van der Waals surface area contributed by atoms with Gasteiger partial charge in [-0.05, 0) is 6.07 Å². The van der Waals surface area contributed by atoms with E-state index in [0.29, 0.717) is 32.0 Å². The molecule has 1 heterocycles. The van der Waals surface area contributed by atoms with Crippen molar-refractivity contribution in [1.82, 2.24) is 4.98 Å². The molecule has 1 aromatic heterocycles. The third kappa shape index (κ3) is 5.13. The second-order valence-electron chi connectivity index (χ2n) is 3.86. The van der Waals surface area contributed by atoms with Crippen LogP contribution in [0.4, 0.5) is 5.69 Å². The first kappa shape index (κ1) is 15.2. The highest BCUT2D eigenvalue weighted by molar-refractivity contribution is 5.70. The van der Waals surface area contributed by atoms with Crippen LogP contribution in [0.2, 0.25) is 0 Å². The minimum absolute atomic E-state index is 0.233. The molecule has 1 rings (SSSR count). The molecule has 0 saturated heterocycles. The van der Waals surface area contributed by atoms with E-state index in [1.807, 2.05) is 17.0 Å². The summed E-state index contributed by atoms with van der Waals surface area (Å²) in [5.74, 6) is 0.307. The van der Waals surface area contributed by atoms with Gasteiger partial charge in [-0.15, -0.1) is 0 Å². The molecule has 0 radical (unpaired) electrons. The Morgan fingerprint density at radius 3 is 2.74 bits per heavy atom. The smallest absolute Gasteiger partial charge is 0.307 e. The molecule has 0 aliphatic carbocycles. The third-order valence-corrected chi connectivity index (χ3v) is 2.67. The zero-order valence-electron chi connectivity index (χ0n) is 11.6. The standard InChI is InChI=1S/C13H20N2O4/c1-17-9-8-15(7-5-13(16)19-3)11-4-6-14-12(10-11)18-2/h4,6,10H,5,7-9H2,1-3H3. The summed E-state index contributed by atoms with van der Waals surface area (Å²) in [4.78, 5) is 17.3. The van der Waals surface area contributed by atoms with Crippen LogP contribution in [0.1, 0.15) is 6.42 Å². The number of carbonyl (C=O) groups excluding carboxylic acids is 1. The van der Waals surface area contributed by atoms with Gasteiger partial charge in [-0.2, -0.15) is 0 Å². The summed E-state index contributed by atoms with van der Waals surface area (Å²) in [6, 6.07) is 3.70. The Bertz CT molecular complexity index is 398. The van der Waals surface area contributed by atoms with Crippen molar-refractivity contribution >= 4 is 11.7 Å². The fourth-order valence-corrected chi connectivity index (χ4v) is 1.61. The first-order valence-corrected chi connectivity index (χ1v) is 6.02. The number of aromatic nitrogens is 1. The summed E-state index contributed by atoms with van der Waals surface area (Å²) in [5, 5.41) is 0. The van der Waals surface area contributed by atoms with E-state index in [-0.39, 0.29) is 5.97 Å². The van der Waals surface area contributed by atoms with Gasteiger partial charge in [0.05, 0.1) is 27.2 Å². The van der Waals surface area contributed by atoms with Gasteiger partial charge in [0.1, 0.15) is 0 Å². The van der Waals surface area contributed by atoms with Gasteiger partial charge in [0.25, 0.3) is 0 Å². The van der Waals surface area contributed by atoms with E-state index >= 15 is 0 Å². The molecule has 0 atom stereocenters. The molecule has 6 nitrogen and oxygen atoms in total. The van der Waals surface area contributed by atoms with Gasteiger partial charge < -0.3 is 19.1 Å². The van der Waals surface area contributed by atoms with Crippen molar-refractivity contribution in [2.24, 2.45) is 0 Å². The van der Waals surface area contributed by atoms with Crippen LogP contribution in [-0.4, -0.2) is 52.0 Å². The quantitative estimate of drug-likeness (QED) is 0.658. The number of hydrogen-bond donors (Lipinski definition) is 0. The summed E-state index contributed by atoms with van der Waals surface area (Å²) >= 11 is 0. The predicted octanol–water partition coefficient (Wildman–Crippen LogP) is 1.11. The highest BCUT2D eigenvalue weighted by Crippen LogP contribution is 2.18. The molecule has 106 valence electrons. The van der Waals surface area contributed by atoms with E-state index < -0.39 is 0 Å². The number of rotatable bonds is 8. The normalized spacial score (nSPS) is 10.1. The Hall–Kier alpha value is -1.82. The van der Waals surface area contributed by atoms with Crippen LogP contribution in [0.25, 0.3) is 0 Å². The van der Waals surface area contributed by atoms with E-state index in [9.17, 15) is 4.79 Å². The van der Waals surface area contributed by atoms with Gasteiger partial charge in [0.15, 0.2) is 0 Å². The van der Waals surface area contributed by atoms with Crippen molar-refractivity contribution in [3.8, 4) is 5.88 Å². The van der Waals surface area contributed by atoms with Gasteiger partial charge in [-0.1, -0.05) is 0 Å². The SMILES string of the molecule is COCCN(CCC(=O)OC)c1ccnc(OC)c1. The van der Waals surface area contributed by atoms with E-state index in [0.717, 1.165) is 5.69 Å². The highest BCUT2D eigenvalue weighted by Gasteiger charge is 2.10. The Kier molecular flexibility index (Phi) is 6.67. The van der Waals surface area contributed by atoms with E-state index in [1.165, 1.54) is 7.11 Å². The molecule has 0 aliphatic heterocycles. The monoisotopic (exact) mass is 268 g/mol. The lowest BCUT2D eigenvalue weighted by Gasteiger charge is -2.24. The summed E-state index contributed by atoms with van der Waals surface area (Å²) in [7, 11) is 4.60. The number of nitrogens with zero attached hydrogens (tertiary/aromatic N) is 2. The molecular weight excluding hydrogens is 248 g/mol. The topological polar surface area (TPSA) is 60.9 Å². The number of hydrogen-bond acceptors (Lipinski definition) is 6. The molecule has 0 aliphatic rings. The zero-order valence-corrected chi connectivity index (χ0v) is 11.6. The molecule has 0 saturated carbocycles. The van der Waals surface area contributed by atoms with Crippen LogP contribution >= 0.6 is 0 Å². The molecule has 6 heteroatoms. The number of ether oxygens (including phenoxy) is 3. The molecular formula is C13H20N2O4. The maximum Gasteiger partial charge on any atom is 0.307 e. The van der Waals surface area contributed by atoms with Crippen molar-refractivity contribution in [3.05, 3.63) is 18.3 Å². The summed E-state index contributed by atoms with van der Waals surface area (Å²) in [5.41, 5.74) is 0.938. The number of methoxy groups -OCH3 is 3. The van der Waals surface area contributed by atoms with Gasteiger partial charge in [0.2, 0.25) is 5.88 Å². The van der Waals surface area contributed by atoms with E-state index in [4.69, 9.17) is 9.47 Å². The molecule has 1 aromatic rings. The van der Waals surface area contributed by atoms with Crippen LogP contribution in [0.15, 0.2) is 18.3 Å². The molecule has 0 unspecified atom stereocenters. The lowest BCUT2D eigenvalue weighted by Crippen LogP contribution is -2.30. The summed E-state index contributed by atoms with van der Waals surface area (Å²) in [6.07, 6.45) is 2.00.